The van der Waals surface area contributed by atoms with Gasteiger partial charge in [0, 0.05) is 0 Å². The van der Waals surface area contributed by atoms with Crippen molar-refractivity contribution in [3.8, 4) is 0 Å². The van der Waals surface area contributed by atoms with Crippen LogP contribution in [0.25, 0.3) is 0 Å². The summed E-state index contributed by atoms with van der Waals surface area (Å²) in [7, 11) is -4.35. The standard InChI is InChI=1S/C52H98O3S.Na/c1-2-3-4-5-6-7-8-9-10-11-12-13-14-15-16-17-18-19-20-21-22-23-24-25-26-27-28-29-30-31-32-33-34-35-36-37-38-39-40-41-42-43-44-45-47-51-48-46-49-52(50-51)56(53,54)55;/h46,48-50H,2-45,47H2,1H3,(H,53,54,55);/q;+1/p-1. The molecule has 0 spiro atoms. The van der Waals surface area contributed by atoms with Gasteiger partial charge in [-0.25, -0.2) is 8.42 Å². The fourth-order valence-corrected chi connectivity index (χ4v) is 9.22. The second-order valence-electron chi connectivity index (χ2n) is 18.1. The van der Waals surface area contributed by atoms with Gasteiger partial charge in [0.05, 0.1) is 4.90 Å². The van der Waals surface area contributed by atoms with Crippen molar-refractivity contribution in [1.82, 2.24) is 0 Å². The molecule has 0 atom stereocenters. The van der Waals surface area contributed by atoms with Gasteiger partial charge in [-0.15, -0.1) is 0 Å². The fraction of sp³-hybridized carbons (Fsp3) is 0.885. The monoisotopic (exact) mass is 825 g/mol. The zero-order valence-corrected chi connectivity index (χ0v) is 41.6. The number of aryl methyl sites for hydroxylation is 1. The molecule has 0 aliphatic carbocycles. The molecule has 1 aromatic rings. The first-order chi connectivity index (χ1) is 27.5. The van der Waals surface area contributed by atoms with Crippen LogP contribution in [0.15, 0.2) is 29.2 Å². The minimum atomic E-state index is -4.35. The van der Waals surface area contributed by atoms with Gasteiger partial charge in [0.1, 0.15) is 10.1 Å². The van der Waals surface area contributed by atoms with E-state index in [1.807, 2.05) is 6.07 Å². The Bertz CT molecular complexity index is 1030. The molecule has 1 rings (SSSR count). The molecule has 0 bridgehead atoms. The van der Waals surface area contributed by atoms with Crippen LogP contribution in [0.1, 0.15) is 295 Å². The second kappa shape index (κ2) is 45.7. The van der Waals surface area contributed by atoms with Crippen LogP contribution in [0.3, 0.4) is 0 Å². The van der Waals surface area contributed by atoms with Gasteiger partial charge in [-0.05, 0) is 30.5 Å². The molecule has 0 unspecified atom stereocenters. The summed E-state index contributed by atoms with van der Waals surface area (Å²) < 4.78 is 33.5. The average molecular weight is 825 g/mol. The van der Waals surface area contributed by atoms with Gasteiger partial charge >= 0.3 is 29.6 Å². The van der Waals surface area contributed by atoms with Gasteiger partial charge in [0.2, 0.25) is 0 Å². The van der Waals surface area contributed by atoms with Crippen molar-refractivity contribution in [2.75, 3.05) is 0 Å². The molecule has 0 fully saturated rings. The summed E-state index contributed by atoms with van der Waals surface area (Å²) in [6.07, 6.45) is 63.9. The van der Waals surface area contributed by atoms with E-state index >= 15 is 0 Å². The van der Waals surface area contributed by atoms with Gasteiger partial charge in [-0.2, -0.15) is 0 Å². The van der Waals surface area contributed by atoms with Gasteiger partial charge in [-0.1, -0.05) is 295 Å². The van der Waals surface area contributed by atoms with E-state index < -0.39 is 10.1 Å². The van der Waals surface area contributed by atoms with Gasteiger partial charge in [0.25, 0.3) is 0 Å². The van der Waals surface area contributed by atoms with E-state index in [9.17, 15) is 13.0 Å². The predicted octanol–water partition coefficient (Wildman–Crippen LogP) is 15.3. The zero-order chi connectivity index (χ0) is 40.3. The van der Waals surface area contributed by atoms with E-state index in [1.165, 1.54) is 288 Å². The van der Waals surface area contributed by atoms with E-state index in [4.69, 9.17) is 0 Å². The molecular weight excluding hydrogens is 728 g/mol. The Kier molecular flexibility index (Phi) is 45.8. The number of hydrogen-bond donors (Lipinski definition) is 0. The molecule has 0 aliphatic heterocycles. The fourth-order valence-electron chi connectivity index (χ4n) is 8.68. The SMILES string of the molecule is CCCCCCCCCCCCCCCCCCCCCCCCCCCCCCCCCCCCCCCCCCCCCCc1cccc(S(=O)(=O)[O-])c1.[Na+]. The van der Waals surface area contributed by atoms with Crippen molar-refractivity contribution >= 4 is 10.1 Å². The predicted molar refractivity (Wildman–Crippen MR) is 247 cm³/mol. The van der Waals surface area contributed by atoms with Crippen molar-refractivity contribution in [2.45, 2.75) is 301 Å². The topological polar surface area (TPSA) is 57.2 Å². The smallest absolute Gasteiger partial charge is 0.744 e. The summed E-state index contributed by atoms with van der Waals surface area (Å²) in [4.78, 5) is -0.104. The van der Waals surface area contributed by atoms with Crippen LogP contribution < -0.4 is 29.6 Å². The summed E-state index contributed by atoms with van der Waals surface area (Å²) >= 11 is 0. The maximum absolute atomic E-state index is 11.2. The molecule has 0 amide bonds. The van der Waals surface area contributed by atoms with Gasteiger partial charge in [0.15, 0.2) is 0 Å². The first kappa shape index (κ1) is 57.1. The summed E-state index contributed by atoms with van der Waals surface area (Å²) in [6, 6.07) is 6.52. The van der Waals surface area contributed by atoms with Crippen molar-refractivity contribution in [3.05, 3.63) is 29.8 Å². The van der Waals surface area contributed by atoms with Crippen LogP contribution in [0.5, 0.6) is 0 Å². The Balaban J connectivity index is 0.0000314. The maximum atomic E-state index is 11.2. The molecule has 57 heavy (non-hydrogen) atoms. The molecule has 0 saturated carbocycles. The molecule has 3 nitrogen and oxygen atoms in total. The Hall–Kier alpha value is 0.130. The van der Waals surface area contributed by atoms with Crippen LogP contribution >= 0.6 is 0 Å². The Morgan fingerprint density at radius 2 is 0.561 bits per heavy atom. The van der Waals surface area contributed by atoms with E-state index in [0.717, 1.165) is 18.4 Å². The molecular formula is C52H97NaO3S. The normalized spacial score (nSPS) is 11.7. The van der Waals surface area contributed by atoms with Crippen LogP contribution in [-0.4, -0.2) is 13.0 Å². The van der Waals surface area contributed by atoms with E-state index in [-0.39, 0.29) is 34.5 Å². The molecule has 0 heterocycles. The summed E-state index contributed by atoms with van der Waals surface area (Å²) in [6.45, 7) is 2.31. The molecule has 0 radical (unpaired) electrons. The van der Waals surface area contributed by atoms with Crippen molar-refractivity contribution in [2.24, 2.45) is 0 Å². The maximum Gasteiger partial charge on any atom is 1.00 e. The average Bonchev–Trinajstić information content (AvgIpc) is 3.19. The minimum Gasteiger partial charge on any atom is -0.744 e. The summed E-state index contributed by atoms with van der Waals surface area (Å²) in [5.74, 6) is 0. The molecule has 0 aliphatic rings. The Morgan fingerprint density at radius 3 is 0.772 bits per heavy atom. The van der Waals surface area contributed by atoms with E-state index in [1.54, 1.807) is 6.07 Å². The number of benzene rings is 1. The Labute approximate surface area is 380 Å². The summed E-state index contributed by atoms with van der Waals surface area (Å²) in [5.41, 5.74) is 0.953. The van der Waals surface area contributed by atoms with E-state index in [2.05, 4.69) is 6.92 Å². The molecule has 0 aromatic heterocycles. The van der Waals surface area contributed by atoms with E-state index in [0.29, 0.717) is 0 Å². The van der Waals surface area contributed by atoms with Gasteiger partial charge in [-0.3, -0.25) is 0 Å². The van der Waals surface area contributed by atoms with Crippen molar-refractivity contribution < 1.29 is 42.5 Å². The van der Waals surface area contributed by atoms with Crippen LogP contribution in [0, 0.1) is 0 Å². The zero-order valence-electron chi connectivity index (χ0n) is 38.8. The number of hydrogen-bond acceptors (Lipinski definition) is 3. The quantitative estimate of drug-likeness (QED) is 0.0374. The van der Waals surface area contributed by atoms with Crippen LogP contribution in [-0.2, 0) is 16.5 Å². The molecule has 5 heteroatoms. The molecule has 0 N–H and O–H groups in total. The first-order valence-corrected chi connectivity index (χ1v) is 27.0. The van der Waals surface area contributed by atoms with Gasteiger partial charge < -0.3 is 4.55 Å². The third-order valence-corrected chi connectivity index (χ3v) is 13.3. The van der Waals surface area contributed by atoms with Crippen molar-refractivity contribution in [3.63, 3.8) is 0 Å². The first-order valence-electron chi connectivity index (χ1n) is 25.6. The molecule has 1 aromatic carbocycles. The van der Waals surface area contributed by atoms with Crippen molar-refractivity contribution in [1.29, 1.82) is 0 Å². The molecule has 0 saturated heterocycles. The molecule has 330 valence electrons. The number of unbranched alkanes of at least 4 members (excludes halogenated alkanes) is 43. The minimum absolute atomic E-state index is 0. The number of rotatable bonds is 46. The largest absolute Gasteiger partial charge is 1.00 e. The third-order valence-electron chi connectivity index (χ3n) is 12.5. The van der Waals surface area contributed by atoms with Crippen LogP contribution in [0.2, 0.25) is 0 Å². The Morgan fingerprint density at radius 1 is 0.351 bits per heavy atom. The third kappa shape index (κ3) is 42.6. The van der Waals surface area contributed by atoms with Crippen LogP contribution in [0.4, 0.5) is 0 Å². The summed E-state index contributed by atoms with van der Waals surface area (Å²) in [5, 5.41) is 0. The second-order valence-corrected chi connectivity index (χ2v) is 19.4.